The van der Waals surface area contributed by atoms with Crippen molar-refractivity contribution in [1.82, 2.24) is 4.72 Å². The highest BCUT2D eigenvalue weighted by atomic mass is 35.5. The van der Waals surface area contributed by atoms with E-state index in [0.717, 1.165) is 5.56 Å². The highest BCUT2D eigenvalue weighted by molar-refractivity contribution is 8.00. The highest BCUT2D eigenvalue weighted by Gasteiger charge is 2.32. The van der Waals surface area contributed by atoms with Crippen LogP contribution in [0.25, 0.3) is 4.91 Å². The van der Waals surface area contributed by atoms with Gasteiger partial charge in [0.1, 0.15) is 10.7 Å². The van der Waals surface area contributed by atoms with Gasteiger partial charge in [0.2, 0.25) is 0 Å². The Balaban J connectivity index is 1.93. The van der Waals surface area contributed by atoms with Gasteiger partial charge in [-0.05, 0) is 41.7 Å². The van der Waals surface area contributed by atoms with Crippen molar-refractivity contribution in [3.05, 3.63) is 75.8 Å². The smallest absolute Gasteiger partial charge is 0.263 e. The van der Waals surface area contributed by atoms with Gasteiger partial charge < -0.3 is 0 Å². The molecule has 0 fully saturated rings. The normalized spacial score (nSPS) is 17.8. The number of benzene rings is 2. The van der Waals surface area contributed by atoms with Crippen molar-refractivity contribution in [2.24, 2.45) is 4.99 Å². The Morgan fingerprint density at radius 2 is 1.65 bits per heavy atom. The third kappa shape index (κ3) is 3.84. The summed E-state index contributed by atoms with van der Waals surface area (Å²) in [6.07, 6.45) is 0. The minimum atomic E-state index is -3.60. The Hall–Kier alpha value is -2.11. The van der Waals surface area contributed by atoms with E-state index in [4.69, 9.17) is 11.6 Å². The second-order valence-corrected chi connectivity index (χ2v) is 8.68. The molecule has 0 spiro atoms. The minimum Gasteiger partial charge on any atom is -0.263 e. The van der Waals surface area contributed by atoms with E-state index in [2.05, 4.69) is 23.6 Å². The zero-order valence-corrected chi connectivity index (χ0v) is 16.5. The molecule has 2 aromatic carbocycles. The first-order chi connectivity index (χ1) is 12.3. The average molecular weight is 389 g/mol. The summed E-state index contributed by atoms with van der Waals surface area (Å²) in [6, 6.07) is 15.0. The van der Waals surface area contributed by atoms with Gasteiger partial charge in [0, 0.05) is 10.6 Å². The molecule has 2 aromatic rings. The fourth-order valence-electron chi connectivity index (χ4n) is 2.87. The van der Waals surface area contributed by atoms with Crippen molar-refractivity contribution in [3.63, 3.8) is 0 Å². The number of sulfonamides is 1. The zero-order valence-electron chi connectivity index (χ0n) is 15.0. The lowest BCUT2D eigenvalue weighted by Crippen LogP contribution is -2.23. The van der Waals surface area contributed by atoms with E-state index in [1.807, 2.05) is 36.4 Å². The summed E-state index contributed by atoms with van der Waals surface area (Å²) in [5, 5.41) is 0.658. The van der Waals surface area contributed by atoms with Crippen LogP contribution in [0.3, 0.4) is 0 Å². The maximum atomic E-state index is 12.6. The van der Waals surface area contributed by atoms with Crippen LogP contribution in [0.2, 0.25) is 5.02 Å². The van der Waals surface area contributed by atoms with Crippen LogP contribution in [0.1, 0.15) is 43.4 Å². The van der Waals surface area contributed by atoms with Gasteiger partial charge in [-0.25, -0.2) is 8.42 Å². The van der Waals surface area contributed by atoms with Crippen LogP contribution in [0.5, 0.6) is 0 Å². The molecule has 0 bridgehead atoms. The van der Waals surface area contributed by atoms with E-state index in [-0.39, 0.29) is 0 Å². The maximum Gasteiger partial charge on any atom is 0.264 e. The van der Waals surface area contributed by atoms with Gasteiger partial charge in [0.25, 0.3) is 10.0 Å². The van der Waals surface area contributed by atoms with Crippen LogP contribution >= 0.6 is 11.6 Å². The van der Waals surface area contributed by atoms with E-state index < -0.39 is 10.0 Å². The van der Waals surface area contributed by atoms with Crippen molar-refractivity contribution in [1.29, 1.82) is 0 Å². The summed E-state index contributed by atoms with van der Waals surface area (Å²) in [4.78, 5) is 4.74. The monoisotopic (exact) mass is 388 g/mol. The Morgan fingerprint density at radius 1 is 1.04 bits per heavy atom. The van der Waals surface area contributed by atoms with Crippen molar-refractivity contribution in [2.75, 3.05) is 0 Å². The molecule has 0 aliphatic carbocycles. The summed E-state index contributed by atoms with van der Waals surface area (Å²) in [7, 11) is -3.60. The van der Waals surface area contributed by atoms with Crippen LogP contribution in [0, 0.1) is 0 Å². The van der Waals surface area contributed by atoms with Crippen LogP contribution < -0.4 is 4.72 Å². The second-order valence-electron chi connectivity index (χ2n) is 6.63. The molecule has 0 unspecified atom stereocenters. The first-order valence-electron chi connectivity index (χ1n) is 8.41. The Labute approximate surface area is 159 Å². The maximum absolute atomic E-state index is 12.6. The molecule has 1 N–H and O–H groups in total. The Morgan fingerprint density at radius 3 is 2.23 bits per heavy atom. The summed E-state index contributed by atoms with van der Waals surface area (Å²) < 4.78 is 27.8. The van der Waals surface area contributed by atoms with Gasteiger partial charge in [-0.15, -0.1) is 0 Å². The molecule has 136 valence electrons. The van der Waals surface area contributed by atoms with Gasteiger partial charge in [0.15, 0.2) is 0 Å². The van der Waals surface area contributed by atoms with Crippen molar-refractivity contribution in [3.8, 4) is 0 Å². The minimum absolute atomic E-state index is 0.294. The van der Waals surface area contributed by atoms with Gasteiger partial charge >= 0.3 is 0 Å². The van der Waals surface area contributed by atoms with Crippen molar-refractivity contribution >= 4 is 32.4 Å². The van der Waals surface area contributed by atoms with Gasteiger partial charge in [-0.2, -0.15) is 0 Å². The Kier molecular flexibility index (Phi) is 5.21. The van der Waals surface area contributed by atoms with Gasteiger partial charge in [0.05, 0.1) is 6.54 Å². The number of aliphatic imine (C=N–C) groups is 1. The third-order valence-electron chi connectivity index (χ3n) is 4.37. The molecule has 4 nitrogen and oxygen atoms in total. The fraction of sp³-hybridized carbons (Fsp3) is 0.250. The van der Waals surface area contributed by atoms with Crippen LogP contribution in [-0.4, -0.2) is 14.3 Å². The van der Waals surface area contributed by atoms with E-state index in [0.29, 0.717) is 39.4 Å². The molecular formula is C20H21ClN2O2S. The Bertz CT molecular complexity index is 973. The van der Waals surface area contributed by atoms with Crippen LogP contribution in [0.4, 0.5) is 0 Å². The number of hydrogen-bond donors (Lipinski definition) is 1. The van der Waals surface area contributed by atoms with E-state index in [9.17, 15) is 8.42 Å². The highest BCUT2D eigenvalue weighted by Crippen LogP contribution is 2.30. The summed E-state index contributed by atoms with van der Waals surface area (Å²) >= 11 is 5.88. The molecule has 0 radical (unpaired) electrons. The molecule has 1 aliphatic heterocycles. The average Bonchev–Trinajstić information content (AvgIpc) is 2.83. The summed E-state index contributed by atoms with van der Waals surface area (Å²) in [5.41, 5.74) is 3.45. The number of amidine groups is 1. The van der Waals surface area contributed by atoms with E-state index in [1.165, 1.54) is 5.56 Å². The van der Waals surface area contributed by atoms with Crippen molar-refractivity contribution in [2.45, 2.75) is 33.2 Å². The molecule has 0 saturated heterocycles. The van der Waals surface area contributed by atoms with Crippen molar-refractivity contribution < 1.29 is 8.42 Å². The lowest BCUT2D eigenvalue weighted by atomic mass is 10.0. The number of halogens is 1. The molecule has 26 heavy (non-hydrogen) atoms. The first-order valence-corrected chi connectivity index (χ1v) is 10.3. The molecular weight excluding hydrogens is 368 g/mol. The third-order valence-corrected chi connectivity index (χ3v) is 6.16. The summed E-state index contributed by atoms with van der Waals surface area (Å²) in [6.45, 7) is 6.37. The largest absolute Gasteiger partial charge is 0.264 e. The second kappa shape index (κ2) is 7.25. The standard InChI is InChI=1S/C20H21ClN2O2S/c1-13(2)16-6-8-17(9-7-16)19-14(3)20(23-26(19,24)25)22-12-15-4-10-18(21)11-5-15/h4-11,13H,12H2,1-3H3,(H,22,23). The molecule has 1 heterocycles. The van der Waals surface area contributed by atoms with Crippen LogP contribution in [-0.2, 0) is 16.6 Å². The molecule has 1 aliphatic rings. The number of nitrogens with zero attached hydrogens (tertiary/aromatic N) is 1. The molecule has 0 atom stereocenters. The number of hydrogen-bond acceptors (Lipinski definition) is 3. The predicted octanol–water partition coefficient (Wildman–Crippen LogP) is 4.73. The molecule has 3 rings (SSSR count). The van der Waals surface area contributed by atoms with Crippen LogP contribution in [0.15, 0.2) is 59.1 Å². The van der Waals surface area contributed by atoms with E-state index >= 15 is 0 Å². The zero-order chi connectivity index (χ0) is 18.9. The number of nitrogens with one attached hydrogen (secondary N) is 1. The topological polar surface area (TPSA) is 58.5 Å². The molecule has 0 amide bonds. The quantitative estimate of drug-likeness (QED) is 0.823. The lowest BCUT2D eigenvalue weighted by molar-refractivity contribution is 0.603. The molecule has 6 heteroatoms. The number of rotatable bonds is 4. The molecule has 0 aromatic heterocycles. The summed E-state index contributed by atoms with van der Waals surface area (Å²) in [5.74, 6) is 0.789. The first kappa shape index (κ1) is 18.7. The fourth-order valence-corrected chi connectivity index (χ4v) is 4.51. The van der Waals surface area contributed by atoms with Gasteiger partial charge in [-0.3, -0.25) is 9.71 Å². The predicted molar refractivity (Wildman–Crippen MR) is 108 cm³/mol. The SMILES string of the molecule is CC1=C(c2ccc(C(C)C)cc2)S(=O)(=O)NC1=NCc1ccc(Cl)cc1. The molecule has 0 saturated carbocycles. The lowest BCUT2D eigenvalue weighted by Gasteiger charge is -2.07. The van der Waals surface area contributed by atoms with Gasteiger partial charge in [-0.1, -0.05) is 61.8 Å². The van der Waals surface area contributed by atoms with E-state index in [1.54, 1.807) is 19.1 Å².